The van der Waals surface area contributed by atoms with Crippen LogP contribution in [0, 0.1) is 0 Å². The number of ketones is 1. The molecule has 0 aromatic heterocycles. The van der Waals surface area contributed by atoms with E-state index in [2.05, 4.69) is 12.1 Å². The van der Waals surface area contributed by atoms with Crippen molar-refractivity contribution >= 4 is 17.9 Å². The van der Waals surface area contributed by atoms with E-state index in [-0.39, 0.29) is 18.0 Å². The molecule has 0 aliphatic rings. The molecular weight excluding hydrogens is 408 g/mol. The molecule has 0 saturated heterocycles. The summed E-state index contributed by atoms with van der Waals surface area (Å²) in [5.41, 5.74) is 3.48. The lowest BCUT2D eigenvalue weighted by Crippen LogP contribution is -2.00. The van der Waals surface area contributed by atoms with Crippen molar-refractivity contribution in [2.75, 3.05) is 0 Å². The standard InChI is InChI=1S/C10H14O.C10H12O.C10H10O/c3*1-9(11)7-8-10-5-3-2-4-6-10/h2-6,9,11H,7-8H2,1H3;2-9,11H,1H3;2-8H,1H3/b;2*8-7+. The summed E-state index contributed by atoms with van der Waals surface area (Å²) in [6.45, 7) is 5.10. The monoisotopic (exact) mass is 444 g/mol. The van der Waals surface area contributed by atoms with E-state index in [4.69, 9.17) is 10.2 Å². The zero-order valence-corrected chi connectivity index (χ0v) is 19.8. The number of aliphatic hydroxyl groups is 2. The van der Waals surface area contributed by atoms with E-state index in [1.165, 1.54) is 5.56 Å². The van der Waals surface area contributed by atoms with Crippen LogP contribution in [-0.4, -0.2) is 28.2 Å². The van der Waals surface area contributed by atoms with Crippen LogP contribution in [-0.2, 0) is 11.2 Å². The second-order valence-electron chi connectivity index (χ2n) is 7.74. The number of aryl methyl sites for hydroxylation is 1. The third-order valence-electron chi connectivity index (χ3n) is 4.37. The number of hydrogen-bond donors (Lipinski definition) is 2. The van der Waals surface area contributed by atoms with Crippen LogP contribution in [0.2, 0.25) is 0 Å². The summed E-state index contributed by atoms with van der Waals surface area (Å²) in [5.74, 6) is 0.0776. The maximum Gasteiger partial charge on any atom is 0.152 e. The van der Waals surface area contributed by atoms with Crippen LogP contribution in [0.5, 0.6) is 0 Å². The van der Waals surface area contributed by atoms with Crippen molar-refractivity contribution in [3.8, 4) is 0 Å². The minimum absolute atomic E-state index is 0.0776. The predicted molar refractivity (Wildman–Crippen MR) is 140 cm³/mol. The molecule has 3 aromatic carbocycles. The number of carbonyl (C=O) groups is 1. The van der Waals surface area contributed by atoms with E-state index < -0.39 is 0 Å². The molecule has 0 fully saturated rings. The second-order valence-corrected chi connectivity index (χ2v) is 7.74. The van der Waals surface area contributed by atoms with Gasteiger partial charge in [0, 0.05) is 0 Å². The van der Waals surface area contributed by atoms with Crippen molar-refractivity contribution in [2.45, 2.75) is 45.8 Å². The Bertz CT molecular complexity index is 928. The first-order valence-corrected chi connectivity index (χ1v) is 11.2. The largest absolute Gasteiger partial charge is 0.393 e. The van der Waals surface area contributed by atoms with Gasteiger partial charge in [0.05, 0.1) is 12.2 Å². The molecule has 2 unspecified atom stereocenters. The van der Waals surface area contributed by atoms with Crippen LogP contribution in [0.4, 0.5) is 0 Å². The molecule has 3 rings (SSSR count). The Balaban J connectivity index is 0.000000247. The fourth-order valence-corrected chi connectivity index (χ4v) is 2.61. The van der Waals surface area contributed by atoms with Gasteiger partial charge in [-0.3, -0.25) is 4.79 Å². The number of hydrogen-bond acceptors (Lipinski definition) is 3. The van der Waals surface area contributed by atoms with Gasteiger partial charge in [-0.1, -0.05) is 109 Å². The van der Waals surface area contributed by atoms with Gasteiger partial charge in [-0.05, 0) is 56.4 Å². The highest BCUT2D eigenvalue weighted by atomic mass is 16.3. The first kappa shape index (κ1) is 27.8. The van der Waals surface area contributed by atoms with E-state index in [0.29, 0.717) is 0 Å². The predicted octanol–water partition coefficient (Wildman–Crippen LogP) is 6.37. The van der Waals surface area contributed by atoms with Gasteiger partial charge in [0.2, 0.25) is 0 Å². The van der Waals surface area contributed by atoms with Crippen LogP contribution < -0.4 is 0 Å². The van der Waals surface area contributed by atoms with E-state index >= 15 is 0 Å². The molecule has 3 heteroatoms. The molecule has 0 saturated carbocycles. The van der Waals surface area contributed by atoms with Crippen LogP contribution in [0.1, 0.15) is 43.9 Å². The SMILES string of the molecule is CC(=O)/C=C/c1ccccc1.CC(O)/C=C/c1ccccc1.CC(O)CCc1ccccc1. The lowest BCUT2D eigenvalue weighted by atomic mass is 10.1. The molecule has 33 heavy (non-hydrogen) atoms. The summed E-state index contributed by atoms with van der Waals surface area (Å²) in [5, 5.41) is 17.9. The fraction of sp³-hybridized carbons (Fsp3) is 0.233. The smallest absolute Gasteiger partial charge is 0.152 e. The van der Waals surface area contributed by atoms with E-state index in [1.807, 2.05) is 97.9 Å². The van der Waals surface area contributed by atoms with Crippen molar-refractivity contribution < 1.29 is 15.0 Å². The van der Waals surface area contributed by atoms with Gasteiger partial charge in [0.1, 0.15) is 0 Å². The molecule has 0 amide bonds. The Hall–Kier alpha value is -3.27. The maximum atomic E-state index is 10.5. The molecule has 3 aromatic rings. The van der Waals surface area contributed by atoms with Crippen LogP contribution in [0.15, 0.2) is 103 Å². The van der Waals surface area contributed by atoms with Crippen molar-refractivity contribution in [1.29, 1.82) is 0 Å². The third-order valence-corrected chi connectivity index (χ3v) is 4.37. The summed E-state index contributed by atoms with van der Waals surface area (Å²) >= 11 is 0. The molecule has 0 spiro atoms. The van der Waals surface area contributed by atoms with E-state index in [9.17, 15) is 4.79 Å². The van der Waals surface area contributed by atoms with E-state index in [1.54, 1.807) is 26.0 Å². The highest BCUT2D eigenvalue weighted by Crippen LogP contribution is 2.04. The summed E-state index contributed by atoms with van der Waals surface area (Å²) in [7, 11) is 0. The molecule has 174 valence electrons. The number of benzene rings is 3. The average Bonchev–Trinajstić information content (AvgIpc) is 2.83. The second kappa shape index (κ2) is 17.3. The van der Waals surface area contributed by atoms with Gasteiger partial charge < -0.3 is 10.2 Å². The summed E-state index contributed by atoms with van der Waals surface area (Å²) < 4.78 is 0. The zero-order valence-electron chi connectivity index (χ0n) is 19.8. The molecule has 2 atom stereocenters. The highest BCUT2D eigenvalue weighted by molar-refractivity contribution is 5.91. The normalized spacial score (nSPS) is 12.3. The molecule has 0 bridgehead atoms. The zero-order chi connectivity index (χ0) is 24.3. The minimum atomic E-state index is -0.366. The minimum Gasteiger partial charge on any atom is -0.393 e. The maximum absolute atomic E-state index is 10.5. The average molecular weight is 445 g/mol. The van der Waals surface area contributed by atoms with Gasteiger partial charge in [-0.15, -0.1) is 0 Å². The van der Waals surface area contributed by atoms with Gasteiger partial charge in [0.15, 0.2) is 5.78 Å². The molecule has 2 N–H and O–H groups in total. The van der Waals surface area contributed by atoms with Crippen molar-refractivity contribution in [3.63, 3.8) is 0 Å². The molecule has 0 aliphatic heterocycles. The summed E-state index contributed by atoms with van der Waals surface area (Å²) in [6.07, 6.45) is 8.31. The Labute approximate surface area is 198 Å². The lowest BCUT2D eigenvalue weighted by Gasteiger charge is -2.02. The van der Waals surface area contributed by atoms with Crippen molar-refractivity contribution in [2.24, 2.45) is 0 Å². The lowest BCUT2D eigenvalue weighted by molar-refractivity contribution is -0.112. The summed E-state index contributed by atoms with van der Waals surface area (Å²) in [6, 6.07) is 29.9. The molecule has 0 heterocycles. The number of carbonyl (C=O) groups excluding carboxylic acids is 1. The van der Waals surface area contributed by atoms with Gasteiger partial charge in [-0.2, -0.15) is 0 Å². The van der Waals surface area contributed by atoms with Crippen LogP contribution in [0.25, 0.3) is 12.2 Å². The molecule has 3 nitrogen and oxygen atoms in total. The topological polar surface area (TPSA) is 57.5 Å². The molecule has 0 aliphatic carbocycles. The Kier molecular flexibility index (Phi) is 14.6. The Morgan fingerprint density at radius 3 is 1.64 bits per heavy atom. The quantitative estimate of drug-likeness (QED) is 0.416. The van der Waals surface area contributed by atoms with Gasteiger partial charge in [0.25, 0.3) is 0 Å². The van der Waals surface area contributed by atoms with Crippen molar-refractivity contribution in [3.05, 3.63) is 120 Å². The van der Waals surface area contributed by atoms with Gasteiger partial charge in [-0.25, -0.2) is 0 Å². The van der Waals surface area contributed by atoms with Crippen molar-refractivity contribution in [1.82, 2.24) is 0 Å². The van der Waals surface area contributed by atoms with E-state index in [0.717, 1.165) is 24.0 Å². The fourth-order valence-electron chi connectivity index (χ4n) is 2.61. The number of rotatable bonds is 7. The molecular formula is C30H36O3. The van der Waals surface area contributed by atoms with Crippen LogP contribution in [0.3, 0.4) is 0 Å². The first-order valence-electron chi connectivity index (χ1n) is 11.2. The Morgan fingerprint density at radius 2 is 1.21 bits per heavy atom. The van der Waals surface area contributed by atoms with Gasteiger partial charge >= 0.3 is 0 Å². The molecule has 0 radical (unpaired) electrons. The Morgan fingerprint density at radius 1 is 0.758 bits per heavy atom. The summed E-state index contributed by atoms with van der Waals surface area (Å²) in [4.78, 5) is 10.5. The van der Waals surface area contributed by atoms with Crippen LogP contribution >= 0.6 is 0 Å². The third kappa shape index (κ3) is 16.1. The highest BCUT2D eigenvalue weighted by Gasteiger charge is 1.95. The first-order chi connectivity index (χ1) is 15.9. The number of allylic oxidation sites excluding steroid dienone is 1. The number of aliphatic hydroxyl groups excluding tert-OH is 2.